The van der Waals surface area contributed by atoms with Gasteiger partial charge < -0.3 is 9.73 Å². The molecular formula is C16H13N3O2. The van der Waals surface area contributed by atoms with E-state index in [2.05, 4.69) is 15.3 Å². The number of hydrogen-bond donors (Lipinski definition) is 1. The van der Waals surface area contributed by atoms with E-state index in [1.807, 2.05) is 24.3 Å². The summed E-state index contributed by atoms with van der Waals surface area (Å²) in [5, 5.41) is 2.84. The second kappa shape index (κ2) is 6.00. The summed E-state index contributed by atoms with van der Waals surface area (Å²) >= 11 is 0. The van der Waals surface area contributed by atoms with E-state index in [-0.39, 0.29) is 5.91 Å². The minimum absolute atomic E-state index is 0.163. The van der Waals surface area contributed by atoms with Crippen LogP contribution in [0.15, 0.2) is 65.9 Å². The fourth-order valence-corrected chi connectivity index (χ4v) is 1.93. The third kappa shape index (κ3) is 3.14. The van der Waals surface area contributed by atoms with Crippen molar-refractivity contribution >= 4 is 5.91 Å². The van der Waals surface area contributed by atoms with Crippen molar-refractivity contribution in [1.82, 2.24) is 15.3 Å². The zero-order chi connectivity index (χ0) is 14.5. The highest BCUT2D eigenvalue weighted by Crippen LogP contribution is 2.16. The van der Waals surface area contributed by atoms with E-state index in [9.17, 15) is 4.79 Å². The van der Waals surface area contributed by atoms with E-state index >= 15 is 0 Å². The van der Waals surface area contributed by atoms with Crippen LogP contribution in [-0.4, -0.2) is 15.9 Å². The summed E-state index contributed by atoms with van der Waals surface area (Å²) in [4.78, 5) is 20.2. The lowest BCUT2D eigenvalue weighted by Crippen LogP contribution is -2.22. The molecule has 104 valence electrons. The minimum atomic E-state index is -0.163. The first-order chi connectivity index (χ1) is 10.3. The first-order valence-corrected chi connectivity index (χ1v) is 6.48. The van der Waals surface area contributed by atoms with Crippen LogP contribution in [-0.2, 0) is 6.54 Å². The fourth-order valence-electron chi connectivity index (χ4n) is 1.93. The predicted octanol–water partition coefficient (Wildman–Crippen LogP) is 2.67. The third-order valence-corrected chi connectivity index (χ3v) is 3.02. The lowest BCUT2D eigenvalue weighted by atomic mass is 10.1. The van der Waals surface area contributed by atoms with Crippen molar-refractivity contribution in [2.24, 2.45) is 0 Å². The predicted molar refractivity (Wildman–Crippen MR) is 77.3 cm³/mol. The molecule has 21 heavy (non-hydrogen) atoms. The Bertz CT molecular complexity index is 724. The molecule has 0 saturated heterocycles. The van der Waals surface area contributed by atoms with Crippen LogP contribution in [0.1, 0.15) is 15.9 Å². The molecule has 0 aromatic carbocycles. The van der Waals surface area contributed by atoms with Crippen molar-refractivity contribution in [3.63, 3.8) is 0 Å². The number of furan rings is 1. The zero-order valence-corrected chi connectivity index (χ0v) is 11.2. The summed E-state index contributed by atoms with van der Waals surface area (Å²) in [7, 11) is 0. The van der Waals surface area contributed by atoms with Gasteiger partial charge in [0.15, 0.2) is 0 Å². The van der Waals surface area contributed by atoms with E-state index in [1.54, 1.807) is 24.7 Å². The standard InChI is InChI=1S/C16H13N3O2/c20-16(14-4-7-21-11-14)19-9-12-3-6-18-15(8-12)13-2-1-5-17-10-13/h1-8,10-11H,9H2,(H,19,20). The van der Waals surface area contributed by atoms with Gasteiger partial charge in [0.25, 0.3) is 5.91 Å². The second-order valence-electron chi connectivity index (χ2n) is 4.49. The number of hydrogen-bond acceptors (Lipinski definition) is 4. The van der Waals surface area contributed by atoms with Gasteiger partial charge in [-0.3, -0.25) is 14.8 Å². The number of pyridine rings is 2. The maximum atomic E-state index is 11.8. The van der Waals surface area contributed by atoms with Gasteiger partial charge in [0.1, 0.15) is 6.26 Å². The molecule has 0 aliphatic rings. The summed E-state index contributed by atoms with van der Waals surface area (Å²) in [6.45, 7) is 0.430. The van der Waals surface area contributed by atoms with Crippen molar-refractivity contribution in [3.05, 3.63) is 72.6 Å². The number of aromatic nitrogens is 2. The van der Waals surface area contributed by atoms with E-state index in [0.29, 0.717) is 12.1 Å². The maximum Gasteiger partial charge on any atom is 0.254 e. The quantitative estimate of drug-likeness (QED) is 0.797. The van der Waals surface area contributed by atoms with Crippen LogP contribution in [0.25, 0.3) is 11.3 Å². The molecule has 1 N–H and O–H groups in total. The molecule has 3 rings (SSSR count). The lowest BCUT2D eigenvalue weighted by Gasteiger charge is -2.06. The smallest absolute Gasteiger partial charge is 0.254 e. The van der Waals surface area contributed by atoms with Crippen LogP contribution in [0, 0.1) is 0 Å². The number of nitrogens with zero attached hydrogens (tertiary/aromatic N) is 2. The van der Waals surface area contributed by atoms with Crippen molar-refractivity contribution < 1.29 is 9.21 Å². The zero-order valence-electron chi connectivity index (χ0n) is 11.2. The van der Waals surface area contributed by atoms with Gasteiger partial charge in [0, 0.05) is 30.7 Å². The Hall–Kier alpha value is -2.95. The monoisotopic (exact) mass is 279 g/mol. The van der Waals surface area contributed by atoms with Gasteiger partial charge in [-0.25, -0.2) is 0 Å². The molecule has 0 bridgehead atoms. The molecule has 3 aromatic heterocycles. The van der Waals surface area contributed by atoms with Crippen molar-refractivity contribution in [2.45, 2.75) is 6.54 Å². The number of nitrogens with one attached hydrogen (secondary N) is 1. The van der Waals surface area contributed by atoms with Gasteiger partial charge in [-0.05, 0) is 35.9 Å². The molecule has 0 aliphatic carbocycles. The maximum absolute atomic E-state index is 11.8. The van der Waals surface area contributed by atoms with Gasteiger partial charge in [-0.1, -0.05) is 0 Å². The molecule has 0 unspecified atom stereocenters. The molecule has 0 fully saturated rings. The summed E-state index contributed by atoms with van der Waals surface area (Å²) < 4.78 is 4.89. The van der Waals surface area contributed by atoms with Gasteiger partial charge in [-0.2, -0.15) is 0 Å². The highest BCUT2D eigenvalue weighted by Gasteiger charge is 2.07. The largest absolute Gasteiger partial charge is 0.472 e. The third-order valence-electron chi connectivity index (χ3n) is 3.02. The molecule has 0 spiro atoms. The van der Waals surface area contributed by atoms with Gasteiger partial charge >= 0.3 is 0 Å². The van der Waals surface area contributed by atoms with Crippen molar-refractivity contribution in [3.8, 4) is 11.3 Å². The topological polar surface area (TPSA) is 68.0 Å². The second-order valence-corrected chi connectivity index (χ2v) is 4.49. The lowest BCUT2D eigenvalue weighted by molar-refractivity contribution is 0.0950. The van der Waals surface area contributed by atoms with Crippen LogP contribution >= 0.6 is 0 Å². The first-order valence-electron chi connectivity index (χ1n) is 6.48. The Morgan fingerprint density at radius 3 is 2.95 bits per heavy atom. The Kier molecular flexibility index (Phi) is 3.73. The molecule has 3 aromatic rings. The van der Waals surface area contributed by atoms with Crippen LogP contribution in [0.2, 0.25) is 0 Å². The highest BCUT2D eigenvalue weighted by molar-refractivity contribution is 5.93. The number of carbonyl (C=O) groups is 1. The molecule has 1 amide bonds. The van der Waals surface area contributed by atoms with Crippen LogP contribution < -0.4 is 5.32 Å². The Morgan fingerprint density at radius 2 is 2.19 bits per heavy atom. The van der Waals surface area contributed by atoms with Crippen molar-refractivity contribution in [2.75, 3.05) is 0 Å². The van der Waals surface area contributed by atoms with Gasteiger partial charge in [0.05, 0.1) is 17.5 Å². The molecular weight excluding hydrogens is 266 g/mol. The van der Waals surface area contributed by atoms with Crippen LogP contribution in [0.5, 0.6) is 0 Å². The molecule has 0 radical (unpaired) electrons. The molecule has 3 heterocycles. The molecule has 5 heteroatoms. The Labute approximate surface area is 121 Å². The van der Waals surface area contributed by atoms with E-state index in [4.69, 9.17) is 4.42 Å². The molecule has 5 nitrogen and oxygen atoms in total. The van der Waals surface area contributed by atoms with E-state index in [1.165, 1.54) is 12.5 Å². The summed E-state index contributed by atoms with van der Waals surface area (Å²) in [5.74, 6) is -0.163. The molecule has 0 aliphatic heterocycles. The highest BCUT2D eigenvalue weighted by atomic mass is 16.3. The normalized spacial score (nSPS) is 10.3. The number of amides is 1. The van der Waals surface area contributed by atoms with Crippen LogP contribution in [0.3, 0.4) is 0 Å². The van der Waals surface area contributed by atoms with Gasteiger partial charge in [-0.15, -0.1) is 0 Å². The Morgan fingerprint density at radius 1 is 1.24 bits per heavy atom. The first kappa shape index (κ1) is 13.1. The minimum Gasteiger partial charge on any atom is -0.472 e. The number of rotatable bonds is 4. The molecule has 0 saturated carbocycles. The van der Waals surface area contributed by atoms with E-state index in [0.717, 1.165) is 16.8 Å². The summed E-state index contributed by atoms with van der Waals surface area (Å²) in [5.41, 5.74) is 3.26. The fraction of sp³-hybridized carbons (Fsp3) is 0.0625. The SMILES string of the molecule is O=C(NCc1ccnc(-c2cccnc2)c1)c1ccoc1. The van der Waals surface area contributed by atoms with Crippen LogP contribution in [0.4, 0.5) is 0 Å². The number of carbonyl (C=O) groups excluding carboxylic acids is 1. The molecule has 0 atom stereocenters. The van der Waals surface area contributed by atoms with Gasteiger partial charge in [0.2, 0.25) is 0 Å². The average molecular weight is 279 g/mol. The van der Waals surface area contributed by atoms with E-state index < -0.39 is 0 Å². The average Bonchev–Trinajstić information content (AvgIpc) is 3.08. The summed E-state index contributed by atoms with van der Waals surface area (Å²) in [6.07, 6.45) is 8.10. The summed E-state index contributed by atoms with van der Waals surface area (Å²) in [6, 6.07) is 9.25. The van der Waals surface area contributed by atoms with Crippen molar-refractivity contribution in [1.29, 1.82) is 0 Å². The Balaban J connectivity index is 1.71.